The summed E-state index contributed by atoms with van der Waals surface area (Å²) in [4.78, 5) is 17.7. The van der Waals surface area contributed by atoms with E-state index in [2.05, 4.69) is 4.98 Å². The molecule has 5 nitrogen and oxygen atoms in total. The van der Waals surface area contributed by atoms with Crippen molar-refractivity contribution in [3.05, 3.63) is 16.1 Å². The summed E-state index contributed by atoms with van der Waals surface area (Å²) in [5, 5.41) is 20.8. The summed E-state index contributed by atoms with van der Waals surface area (Å²) in [6, 6.07) is 0. The molecule has 0 atom stereocenters. The molecule has 0 saturated carbocycles. The number of rotatable bonds is 9. The number of aryl methyl sites for hydroxylation is 1. The highest BCUT2D eigenvalue weighted by Gasteiger charge is 2.11. The number of carbonyl (C=O) groups excluding carboxylic acids is 1. The van der Waals surface area contributed by atoms with Gasteiger partial charge in [0.15, 0.2) is 0 Å². The third kappa shape index (κ3) is 6.38. The zero-order valence-electron chi connectivity index (χ0n) is 11.0. The summed E-state index contributed by atoms with van der Waals surface area (Å²) in [7, 11) is 0. The van der Waals surface area contributed by atoms with Gasteiger partial charge in [-0.25, -0.2) is 4.98 Å². The maximum absolute atomic E-state index is 11.8. The number of thioether (sulfide) groups is 1. The summed E-state index contributed by atoms with van der Waals surface area (Å²) in [5.41, 5.74) is 1.06. The Kier molecular flexibility index (Phi) is 8.04. The van der Waals surface area contributed by atoms with Crippen LogP contribution in [-0.2, 0) is 10.5 Å². The molecular formula is C12H20N2O3S2. The first kappa shape index (κ1) is 16.4. The van der Waals surface area contributed by atoms with Crippen LogP contribution in [0, 0.1) is 6.92 Å². The van der Waals surface area contributed by atoms with Gasteiger partial charge in [0.1, 0.15) is 0 Å². The second-order valence-electron chi connectivity index (χ2n) is 3.99. The number of amides is 1. The number of carbonyl (C=O) groups is 1. The van der Waals surface area contributed by atoms with E-state index in [1.807, 2.05) is 12.3 Å². The van der Waals surface area contributed by atoms with Crippen molar-refractivity contribution in [3.8, 4) is 0 Å². The Bertz CT molecular complexity index is 379. The monoisotopic (exact) mass is 304 g/mol. The number of aliphatic hydroxyl groups excluding tert-OH is 2. The summed E-state index contributed by atoms with van der Waals surface area (Å²) in [5.74, 6) is 1.52. The van der Waals surface area contributed by atoms with Crippen molar-refractivity contribution in [2.75, 3.05) is 32.1 Å². The first-order chi connectivity index (χ1) is 9.17. The molecule has 7 heteroatoms. The largest absolute Gasteiger partial charge is 0.395 e. The van der Waals surface area contributed by atoms with E-state index >= 15 is 0 Å². The maximum atomic E-state index is 11.8. The average Bonchev–Trinajstić information content (AvgIpc) is 2.80. The highest BCUT2D eigenvalue weighted by Crippen LogP contribution is 2.16. The first-order valence-electron chi connectivity index (χ1n) is 6.15. The van der Waals surface area contributed by atoms with Crippen LogP contribution in [0.4, 0.5) is 0 Å². The van der Waals surface area contributed by atoms with Crippen molar-refractivity contribution < 1.29 is 15.0 Å². The van der Waals surface area contributed by atoms with Crippen LogP contribution in [0.5, 0.6) is 0 Å². The van der Waals surface area contributed by atoms with Gasteiger partial charge in [-0.3, -0.25) is 4.79 Å². The summed E-state index contributed by atoms with van der Waals surface area (Å²) < 4.78 is 0. The third-order valence-corrected chi connectivity index (χ3v) is 4.28. The van der Waals surface area contributed by atoms with E-state index in [1.165, 1.54) is 4.90 Å². The highest BCUT2D eigenvalue weighted by molar-refractivity contribution is 7.98. The molecule has 0 aliphatic rings. The first-order valence-corrected chi connectivity index (χ1v) is 8.19. The molecule has 0 aliphatic heterocycles. The third-order valence-electron chi connectivity index (χ3n) is 2.47. The normalized spacial score (nSPS) is 10.7. The number of aliphatic hydroxyl groups is 2. The van der Waals surface area contributed by atoms with Crippen LogP contribution in [0.15, 0.2) is 5.38 Å². The molecule has 1 aromatic rings. The number of thiazole rings is 1. The molecule has 108 valence electrons. The van der Waals surface area contributed by atoms with Gasteiger partial charge in [-0.05, 0) is 6.92 Å². The molecule has 0 spiro atoms. The molecule has 2 N–H and O–H groups in total. The van der Waals surface area contributed by atoms with Gasteiger partial charge < -0.3 is 15.1 Å². The van der Waals surface area contributed by atoms with Gasteiger partial charge in [-0.2, -0.15) is 11.8 Å². The minimum atomic E-state index is -0.0724. The van der Waals surface area contributed by atoms with E-state index in [9.17, 15) is 4.79 Å². The van der Waals surface area contributed by atoms with Gasteiger partial charge >= 0.3 is 0 Å². The molecule has 1 aromatic heterocycles. The standard InChI is InChI=1S/C12H20N2O3S2/c1-10-13-11(9-19-10)8-18-7-2-12(17)14(3-5-15)4-6-16/h9,15-16H,2-8H2,1H3. The summed E-state index contributed by atoms with van der Waals surface area (Å²) in [6.45, 7) is 2.41. The van der Waals surface area contributed by atoms with Crippen molar-refractivity contribution in [1.82, 2.24) is 9.88 Å². The number of aromatic nitrogens is 1. The van der Waals surface area contributed by atoms with E-state index in [4.69, 9.17) is 10.2 Å². The van der Waals surface area contributed by atoms with Gasteiger partial charge in [0.05, 0.1) is 23.9 Å². The van der Waals surface area contributed by atoms with E-state index in [0.717, 1.165) is 22.2 Å². The van der Waals surface area contributed by atoms with Gasteiger partial charge in [0, 0.05) is 36.4 Å². The van der Waals surface area contributed by atoms with Crippen LogP contribution in [0.2, 0.25) is 0 Å². The Hall–Kier alpha value is -0.630. The molecule has 1 rings (SSSR count). The lowest BCUT2D eigenvalue weighted by Crippen LogP contribution is -2.36. The van der Waals surface area contributed by atoms with Crippen LogP contribution in [0.25, 0.3) is 0 Å². The lowest BCUT2D eigenvalue weighted by molar-refractivity contribution is -0.131. The zero-order chi connectivity index (χ0) is 14.1. The van der Waals surface area contributed by atoms with Crippen LogP contribution >= 0.6 is 23.1 Å². The maximum Gasteiger partial charge on any atom is 0.223 e. The van der Waals surface area contributed by atoms with Crippen LogP contribution in [0.3, 0.4) is 0 Å². The molecule has 0 saturated heterocycles. The van der Waals surface area contributed by atoms with Crippen molar-refractivity contribution in [2.45, 2.75) is 19.1 Å². The quantitative estimate of drug-likeness (QED) is 0.663. The molecule has 0 bridgehead atoms. The summed E-state index contributed by atoms with van der Waals surface area (Å²) >= 11 is 3.30. The second kappa shape index (κ2) is 9.30. The minimum Gasteiger partial charge on any atom is -0.395 e. The van der Waals surface area contributed by atoms with E-state index in [1.54, 1.807) is 23.1 Å². The SMILES string of the molecule is Cc1nc(CSCCC(=O)N(CCO)CCO)cs1. The molecule has 0 fully saturated rings. The fourth-order valence-electron chi connectivity index (χ4n) is 1.57. The predicted octanol–water partition coefficient (Wildman–Crippen LogP) is 0.888. The number of nitrogens with zero attached hydrogens (tertiary/aromatic N) is 2. The average molecular weight is 304 g/mol. The number of hydrogen-bond donors (Lipinski definition) is 2. The molecule has 0 aliphatic carbocycles. The minimum absolute atomic E-state index is 0.0231. The van der Waals surface area contributed by atoms with Crippen molar-refractivity contribution in [1.29, 1.82) is 0 Å². The van der Waals surface area contributed by atoms with Crippen LogP contribution in [0.1, 0.15) is 17.1 Å². The Morgan fingerprint density at radius 2 is 2.11 bits per heavy atom. The molecule has 1 amide bonds. The van der Waals surface area contributed by atoms with Crippen LogP contribution < -0.4 is 0 Å². The Balaban J connectivity index is 2.21. The van der Waals surface area contributed by atoms with Crippen molar-refractivity contribution in [2.24, 2.45) is 0 Å². The predicted molar refractivity (Wildman–Crippen MR) is 78.4 cm³/mol. The van der Waals surface area contributed by atoms with Gasteiger partial charge in [0.2, 0.25) is 5.91 Å². The summed E-state index contributed by atoms with van der Waals surface area (Å²) in [6.07, 6.45) is 0.424. The Morgan fingerprint density at radius 1 is 1.42 bits per heavy atom. The van der Waals surface area contributed by atoms with E-state index in [0.29, 0.717) is 6.42 Å². The van der Waals surface area contributed by atoms with Crippen LogP contribution in [-0.4, -0.2) is 58.1 Å². The Labute approximate surface area is 121 Å². The molecule has 0 radical (unpaired) electrons. The zero-order valence-corrected chi connectivity index (χ0v) is 12.7. The topological polar surface area (TPSA) is 73.7 Å². The Morgan fingerprint density at radius 3 is 2.63 bits per heavy atom. The van der Waals surface area contributed by atoms with Gasteiger partial charge in [-0.15, -0.1) is 11.3 Å². The molecule has 0 unspecified atom stereocenters. The van der Waals surface area contributed by atoms with Crippen molar-refractivity contribution in [3.63, 3.8) is 0 Å². The molecular weight excluding hydrogens is 284 g/mol. The second-order valence-corrected chi connectivity index (χ2v) is 6.16. The number of hydrogen-bond acceptors (Lipinski definition) is 6. The highest BCUT2D eigenvalue weighted by atomic mass is 32.2. The molecule has 19 heavy (non-hydrogen) atoms. The lowest BCUT2D eigenvalue weighted by Gasteiger charge is -2.20. The smallest absolute Gasteiger partial charge is 0.223 e. The lowest BCUT2D eigenvalue weighted by atomic mass is 10.4. The molecule has 1 heterocycles. The van der Waals surface area contributed by atoms with E-state index < -0.39 is 0 Å². The van der Waals surface area contributed by atoms with Gasteiger partial charge in [-0.1, -0.05) is 0 Å². The van der Waals surface area contributed by atoms with E-state index in [-0.39, 0.29) is 32.2 Å². The van der Waals surface area contributed by atoms with Crippen molar-refractivity contribution >= 4 is 29.0 Å². The van der Waals surface area contributed by atoms with Gasteiger partial charge in [0.25, 0.3) is 0 Å². The fourth-order valence-corrected chi connectivity index (χ4v) is 3.11. The molecule has 0 aromatic carbocycles. The fraction of sp³-hybridized carbons (Fsp3) is 0.667.